The number of nitrogens with zero attached hydrogens (tertiary/aromatic N) is 2. The number of halogens is 6. The van der Waals surface area contributed by atoms with E-state index in [2.05, 4.69) is 5.32 Å². The van der Waals surface area contributed by atoms with E-state index in [-0.39, 0.29) is 34.1 Å². The van der Waals surface area contributed by atoms with E-state index >= 15 is 0 Å². The maximum atomic E-state index is 13.6. The highest BCUT2D eigenvalue weighted by molar-refractivity contribution is 6.53. The van der Waals surface area contributed by atoms with Crippen molar-refractivity contribution in [2.24, 2.45) is 5.92 Å². The van der Waals surface area contributed by atoms with Crippen LogP contribution in [0.15, 0.2) is 54.6 Å². The van der Waals surface area contributed by atoms with Gasteiger partial charge in [0.1, 0.15) is 16.2 Å². The molecule has 0 radical (unpaired) electrons. The van der Waals surface area contributed by atoms with E-state index in [0.29, 0.717) is 15.6 Å². The second kappa shape index (κ2) is 10.7. The number of anilines is 2. The summed E-state index contributed by atoms with van der Waals surface area (Å²) >= 11 is 31.4. The SMILES string of the molecule is CCN(C(=O)c1cc(NC(=O)[C@H]2[C@H](c3cc(Cl)cc(Cl)c3)C2(Cl)Cl)ccc1Cl)c1ccc(F)cc1C#N. The Morgan fingerprint density at radius 2 is 1.73 bits per heavy atom. The van der Waals surface area contributed by atoms with Crippen LogP contribution in [0.3, 0.4) is 0 Å². The number of hydrogen-bond acceptors (Lipinski definition) is 3. The van der Waals surface area contributed by atoms with Crippen molar-refractivity contribution < 1.29 is 14.0 Å². The standard InChI is InChI=1S/C26H17Cl5FN3O2/c1-2-35(21-6-3-17(32)9-14(21)12-33)25(37)19-11-18(4-5-20(19)29)34-24(36)23-22(26(23,30)31)13-7-15(27)10-16(28)8-13/h3-11,22-23H,2H2,1H3,(H,34,36)/t22-,23+/m0/s1. The van der Waals surface area contributed by atoms with E-state index in [1.807, 2.05) is 6.07 Å². The van der Waals surface area contributed by atoms with Crippen molar-refractivity contribution >= 4 is 81.2 Å². The van der Waals surface area contributed by atoms with Crippen LogP contribution in [-0.2, 0) is 4.79 Å². The van der Waals surface area contributed by atoms with Crippen molar-refractivity contribution in [2.75, 3.05) is 16.8 Å². The summed E-state index contributed by atoms with van der Waals surface area (Å²) in [6, 6.07) is 14.7. The highest BCUT2D eigenvalue weighted by Crippen LogP contribution is 2.65. The maximum Gasteiger partial charge on any atom is 0.259 e. The fourth-order valence-electron chi connectivity index (χ4n) is 4.21. The molecule has 1 aliphatic rings. The van der Waals surface area contributed by atoms with Crippen LogP contribution >= 0.6 is 58.0 Å². The van der Waals surface area contributed by atoms with Gasteiger partial charge in [0.2, 0.25) is 5.91 Å². The van der Waals surface area contributed by atoms with Gasteiger partial charge in [0, 0.05) is 28.2 Å². The summed E-state index contributed by atoms with van der Waals surface area (Å²) in [6.45, 7) is 1.89. The molecule has 2 amide bonds. The van der Waals surface area contributed by atoms with Crippen LogP contribution in [0, 0.1) is 23.1 Å². The molecule has 4 rings (SSSR count). The van der Waals surface area contributed by atoms with E-state index in [4.69, 9.17) is 58.0 Å². The van der Waals surface area contributed by atoms with Gasteiger partial charge in [0.15, 0.2) is 0 Å². The van der Waals surface area contributed by atoms with Gasteiger partial charge >= 0.3 is 0 Å². The molecule has 37 heavy (non-hydrogen) atoms. The lowest BCUT2D eigenvalue weighted by molar-refractivity contribution is -0.117. The quantitative estimate of drug-likeness (QED) is 0.293. The second-order valence-corrected chi connectivity index (χ2v) is 11.1. The van der Waals surface area contributed by atoms with Crippen molar-refractivity contribution in [3.63, 3.8) is 0 Å². The number of rotatable bonds is 6. The average Bonchev–Trinajstić information content (AvgIpc) is 3.42. The molecule has 0 unspecified atom stereocenters. The predicted molar refractivity (Wildman–Crippen MR) is 146 cm³/mol. The van der Waals surface area contributed by atoms with Crippen molar-refractivity contribution in [2.45, 2.75) is 17.2 Å². The minimum Gasteiger partial charge on any atom is -0.326 e. The molecule has 0 heterocycles. The van der Waals surface area contributed by atoms with Gasteiger partial charge in [-0.2, -0.15) is 5.26 Å². The third kappa shape index (κ3) is 5.52. The van der Waals surface area contributed by atoms with Crippen LogP contribution in [0.2, 0.25) is 15.1 Å². The molecule has 0 aromatic heterocycles. The van der Waals surface area contributed by atoms with Gasteiger partial charge < -0.3 is 10.2 Å². The van der Waals surface area contributed by atoms with E-state index < -0.39 is 33.8 Å². The predicted octanol–water partition coefficient (Wildman–Crippen LogP) is 7.85. The molecule has 1 saturated carbocycles. The lowest BCUT2D eigenvalue weighted by atomic mass is 10.1. The molecule has 5 nitrogen and oxygen atoms in total. The highest BCUT2D eigenvalue weighted by Gasteiger charge is 2.67. The minimum atomic E-state index is -1.38. The molecular weight excluding hydrogens is 583 g/mol. The molecular formula is C26H17Cl5FN3O2. The summed E-state index contributed by atoms with van der Waals surface area (Å²) < 4.78 is 12.2. The van der Waals surface area contributed by atoms with Gasteiger partial charge in [0.05, 0.1) is 27.8 Å². The number of nitrogens with one attached hydrogen (secondary N) is 1. The van der Waals surface area contributed by atoms with Gasteiger partial charge in [0.25, 0.3) is 5.91 Å². The normalized spacial score (nSPS) is 17.6. The molecule has 3 aromatic rings. The summed E-state index contributed by atoms with van der Waals surface area (Å²) in [5.41, 5.74) is 1.22. The summed E-state index contributed by atoms with van der Waals surface area (Å²) in [5.74, 6) is -2.94. The largest absolute Gasteiger partial charge is 0.326 e. The fourth-order valence-corrected chi connectivity index (χ4v) is 5.78. The lowest BCUT2D eigenvalue weighted by Crippen LogP contribution is -2.31. The summed E-state index contributed by atoms with van der Waals surface area (Å²) in [6.07, 6.45) is 0. The zero-order chi connectivity index (χ0) is 27.1. The summed E-state index contributed by atoms with van der Waals surface area (Å²) in [4.78, 5) is 27.8. The van der Waals surface area contributed by atoms with Crippen LogP contribution in [-0.4, -0.2) is 22.7 Å². The van der Waals surface area contributed by atoms with Crippen molar-refractivity contribution in [3.05, 3.63) is 92.2 Å². The Kier molecular flexibility index (Phi) is 7.94. The number of carbonyl (C=O) groups is 2. The number of hydrogen-bond donors (Lipinski definition) is 1. The molecule has 0 aliphatic heterocycles. The van der Waals surface area contributed by atoms with Crippen molar-refractivity contribution in [1.29, 1.82) is 5.26 Å². The van der Waals surface area contributed by atoms with Gasteiger partial charge in [-0.1, -0.05) is 34.8 Å². The number of nitriles is 1. The fraction of sp³-hybridized carbons (Fsp3) is 0.192. The zero-order valence-corrected chi connectivity index (χ0v) is 22.8. The minimum absolute atomic E-state index is 0.00256. The van der Waals surface area contributed by atoms with Crippen molar-refractivity contribution in [1.82, 2.24) is 0 Å². The van der Waals surface area contributed by atoms with Crippen LogP contribution < -0.4 is 10.2 Å². The van der Waals surface area contributed by atoms with E-state index in [1.165, 1.54) is 29.2 Å². The van der Waals surface area contributed by atoms with Gasteiger partial charge in [-0.05, 0) is 67.1 Å². The smallest absolute Gasteiger partial charge is 0.259 e. The Bertz CT molecular complexity index is 1440. The third-order valence-electron chi connectivity index (χ3n) is 5.98. The highest BCUT2D eigenvalue weighted by atomic mass is 35.5. The van der Waals surface area contributed by atoms with Gasteiger partial charge in [-0.3, -0.25) is 9.59 Å². The number of amides is 2. The van der Waals surface area contributed by atoms with Crippen molar-refractivity contribution in [3.8, 4) is 6.07 Å². The topological polar surface area (TPSA) is 73.2 Å². The monoisotopic (exact) mass is 597 g/mol. The summed E-state index contributed by atoms with van der Waals surface area (Å²) in [5, 5.41) is 13.0. The number of benzene rings is 3. The third-order valence-corrected chi connectivity index (χ3v) is 7.68. The first-order valence-electron chi connectivity index (χ1n) is 10.9. The molecule has 11 heteroatoms. The molecule has 1 aliphatic carbocycles. The second-order valence-electron chi connectivity index (χ2n) is 8.34. The molecule has 0 spiro atoms. The number of alkyl halides is 2. The molecule has 190 valence electrons. The molecule has 1 N–H and O–H groups in total. The zero-order valence-electron chi connectivity index (χ0n) is 19.0. The average molecular weight is 600 g/mol. The van der Waals surface area contributed by atoms with Crippen LogP contribution in [0.25, 0.3) is 0 Å². The molecule has 0 bridgehead atoms. The Morgan fingerprint density at radius 1 is 1.05 bits per heavy atom. The molecule has 3 aromatic carbocycles. The first-order chi connectivity index (χ1) is 17.5. The number of carbonyl (C=O) groups excluding carboxylic acids is 2. The van der Waals surface area contributed by atoms with Crippen LogP contribution in [0.1, 0.15) is 34.3 Å². The van der Waals surface area contributed by atoms with E-state index in [9.17, 15) is 19.2 Å². The van der Waals surface area contributed by atoms with Crippen LogP contribution in [0.5, 0.6) is 0 Å². The Morgan fingerprint density at radius 3 is 2.35 bits per heavy atom. The van der Waals surface area contributed by atoms with Crippen LogP contribution in [0.4, 0.5) is 15.8 Å². The Balaban J connectivity index is 1.58. The Hall–Kier alpha value is -2.53. The Labute approximate surface area is 237 Å². The first-order valence-corrected chi connectivity index (χ1v) is 12.8. The molecule has 0 saturated heterocycles. The van der Waals surface area contributed by atoms with Gasteiger partial charge in [-0.25, -0.2) is 4.39 Å². The van der Waals surface area contributed by atoms with Gasteiger partial charge in [-0.15, -0.1) is 23.2 Å². The maximum absolute atomic E-state index is 13.6. The molecule has 1 fully saturated rings. The molecule has 2 atom stereocenters. The van der Waals surface area contributed by atoms with E-state index in [0.717, 1.165) is 12.1 Å². The summed E-state index contributed by atoms with van der Waals surface area (Å²) in [7, 11) is 0. The lowest BCUT2D eigenvalue weighted by Gasteiger charge is -2.23. The first kappa shape index (κ1) is 27.5. The van der Waals surface area contributed by atoms with E-state index in [1.54, 1.807) is 25.1 Å².